The highest BCUT2D eigenvalue weighted by molar-refractivity contribution is 5.74. The van der Waals surface area contributed by atoms with E-state index in [1.165, 1.54) is 17.0 Å². The Labute approximate surface area is 119 Å². The second kappa shape index (κ2) is 6.70. The third kappa shape index (κ3) is 4.81. The molecule has 1 unspecified atom stereocenters. The predicted molar refractivity (Wildman–Crippen MR) is 77.1 cm³/mol. The Balaban J connectivity index is 2.61. The lowest BCUT2D eigenvalue weighted by Crippen LogP contribution is -2.45. The lowest BCUT2D eigenvalue weighted by molar-refractivity contribution is 0.143. The lowest BCUT2D eigenvalue weighted by atomic mass is 9.84. The zero-order chi connectivity index (χ0) is 15.3. The monoisotopic (exact) mass is 282 g/mol. The van der Waals surface area contributed by atoms with Crippen LogP contribution in [-0.2, 0) is 5.41 Å². The van der Waals surface area contributed by atoms with Crippen molar-refractivity contribution in [1.82, 2.24) is 10.2 Å². The van der Waals surface area contributed by atoms with Gasteiger partial charge in [-0.05, 0) is 24.6 Å². The number of hydrogen-bond acceptors (Lipinski definition) is 2. The van der Waals surface area contributed by atoms with Crippen LogP contribution >= 0.6 is 0 Å². The minimum absolute atomic E-state index is 0.254. The number of carbonyl (C=O) groups is 1. The molecule has 0 fully saturated rings. The van der Waals surface area contributed by atoms with Crippen LogP contribution in [0.5, 0.6) is 0 Å². The summed E-state index contributed by atoms with van der Waals surface area (Å²) in [7, 11) is 1.62. The number of urea groups is 1. The molecule has 1 atom stereocenters. The van der Waals surface area contributed by atoms with Crippen molar-refractivity contribution >= 4 is 6.03 Å². The number of likely N-dealkylation sites (N-methyl/N-ethyl adjacent to an activating group) is 1. The third-order valence-corrected chi connectivity index (χ3v) is 3.17. The number of aliphatic hydroxyl groups is 1. The van der Waals surface area contributed by atoms with Crippen LogP contribution in [0.15, 0.2) is 24.3 Å². The van der Waals surface area contributed by atoms with Gasteiger partial charge in [-0.25, -0.2) is 9.18 Å². The molecule has 0 aliphatic carbocycles. The molecule has 5 heteroatoms. The van der Waals surface area contributed by atoms with Gasteiger partial charge in [0.2, 0.25) is 0 Å². The molecule has 4 nitrogen and oxygen atoms in total. The summed E-state index contributed by atoms with van der Waals surface area (Å²) in [5.41, 5.74) is 0.458. The van der Waals surface area contributed by atoms with Crippen molar-refractivity contribution in [3.63, 3.8) is 0 Å². The smallest absolute Gasteiger partial charge is 0.317 e. The summed E-state index contributed by atoms with van der Waals surface area (Å²) in [6.07, 6.45) is -0.568. The van der Waals surface area contributed by atoms with E-state index in [1.807, 2.05) is 19.9 Å². The van der Waals surface area contributed by atoms with E-state index in [0.717, 1.165) is 5.56 Å². The van der Waals surface area contributed by atoms with E-state index < -0.39 is 6.10 Å². The van der Waals surface area contributed by atoms with Crippen LogP contribution in [0.2, 0.25) is 0 Å². The molecule has 2 amide bonds. The zero-order valence-electron chi connectivity index (χ0n) is 12.5. The van der Waals surface area contributed by atoms with Crippen LogP contribution in [0.4, 0.5) is 9.18 Å². The van der Waals surface area contributed by atoms with Gasteiger partial charge < -0.3 is 15.3 Å². The minimum atomic E-state index is -0.568. The van der Waals surface area contributed by atoms with E-state index in [2.05, 4.69) is 5.32 Å². The zero-order valence-corrected chi connectivity index (χ0v) is 12.5. The second-order valence-electron chi connectivity index (χ2n) is 5.78. The van der Waals surface area contributed by atoms with E-state index >= 15 is 0 Å². The molecule has 0 spiro atoms. The van der Waals surface area contributed by atoms with Crippen LogP contribution in [0.3, 0.4) is 0 Å². The molecule has 0 saturated heterocycles. The molecule has 1 rings (SSSR count). The first-order chi connectivity index (χ1) is 9.22. The van der Waals surface area contributed by atoms with Crippen LogP contribution in [0.25, 0.3) is 0 Å². The normalized spacial score (nSPS) is 12.9. The average Bonchev–Trinajstić information content (AvgIpc) is 2.35. The maximum absolute atomic E-state index is 13.2. The molecule has 0 radical (unpaired) electrons. The van der Waals surface area contributed by atoms with Crippen molar-refractivity contribution in [2.45, 2.75) is 32.3 Å². The second-order valence-corrected chi connectivity index (χ2v) is 5.78. The van der Waals surface area contributed by atoms with Crippen molar-refractivity contribution in [2.75, 3.05) is 20.1 Å². The average molecular weight is 282 g/mol. The summed E-state index contributed by atoms with van der Waals surface area (Å²) in [6, 6.07) is 6.12. The van der Waals surface area contributed by atoms with Crippen molar-refractivity contribution in [1.29, 1.82) is 0 Å². The van der Waals surface area contributed by atoms with Crippen molar-refractivity contribution in [2.24, 2.45) is 0 Å². The number of benzene rings is 1. The van der Waals surface area contributed by atoms with Gasteiger partial charge in [-0.2, -0.15) is 0 Å². The Kier molecular flexibility index (Phi) is 5.51. The molecule has 20 heavy (non-hydrogen) atoms. The fraction of sp³-hybridized carbons (Fsp3) is 0.533. The number of amides is 2. The maximum atomic E-state index is 13.2. The van der Waals surface area contributed by atoms with Crippen LogP contribution in [-0.4, -0.2) is 42.3 Å². The molecule has 0 saturated carbocycles. The molecule has 0 aliphatic rings. The molecular formula is C15H23FN2O2. The standard InChI is InChI=1S/C15H23FN2O2/c1-11(19)9-18(4)14(20)17-10-15(2,3)12-6-5-7-13(16)8-12/h5-8,11,19H,9-10H2,1-4H3,(H,17,20). The Hall–Kier alpha value is -1.62. The lowest BCUT2D eigenvalue weighted by Gasteiger charge is -2.27. The number of nitrogens with one attached hydrogen (secondary N) is 1. The molecular weight excluding hydrogens is 259 g/mol. The van der Waals surface area contributed by atoms with E-state index in [1.54, 1.807) is 20.0 Å². The highest BCUT2D eigenvalue weighted by Crippen LogP contribution is 2.22. The number of carbonyl (C=O) groups excluding carboxylic acids is 1. The SMILES string of the molecule is CC(O)CN(C)C(=O)NCC(C)(C)c1cccc(F)c1. The van der Waals surface area contributed by atoms with E-state index in [0.29, 0.717) is 6.54 Å². The van der Waals surface area contributed by atoms with Gasteiger partial charge in [0.15, 0.2) is 0 Å². The van der Waals surface area contributed by atoms with Crippen LogP contribution in [0.1, 0.15) is 26.3 Å². The quantitative estimate of drug-likeness (QED) is 0.869. The molecule has 0 aliphatic heterocycles. The molecule has 0 aromatic heterocycles. The summed E-state index contributed by atoms with van der Waals surface area (Å²) in [5.74, 6) is -0.284. The first kappa shape index (κ1) is 16.4. The number of halogens is 1. The van der Waals surface area contributed by atoms with Crippen LogP contribution < -0.4 is 5.32 Å². The maximum Gasteiger partial charge on any atom is 0.317 e. The van der Waals surface area contributed by atoms with Gasteiger partial charge in [0.05, 0.1) is 6.10 Å². The van der Waals surface area contributed by atoms with Gasteiger partial charge in [-0.15, -0.1) is 0 Å². The summed E-state index contributed by atoms with van der Waals surface area (Å²) < 4.78 is 13.2. The van der Waals surface area contributed by atoms with Gasteiger partial charge in [-0.1, -0.05) is 26.0 Å². The number of aliphatic hydroxyl groups excluding tert-OH is 1. The molecule has 1 aromatic carbocycles. The number of hydrogen-bond donors (Lipinski definition) is 2. The van der Waals surface area contributed by atoms with Crippen LogP contribution in [0, 0.1) is 5.82 Å². The summed E-state index contributed by atoms with van der Waals surface area (Å²) >= 11 is 0. The Bertz CT molecular complexity index is 461. The van der Waals surface area contributed by atoms with Gasteiger partial charge in [-0.3, -0.25) is 0 Å². The predicted octanol–water partition coefficient (Wildman–Crippen LogP) is 2.13. The third-order valence-electron chi connectivity index (χ3n) is 3.17. The number of nitrogens with zero attached hydrogens (tertiary/aromatic N) is 1. The topological polar surface area (TPSA) is 52.6 Å². The first-order valence-corrected chi connectivity index (χ1v) is 6.65. The fourth-order valence-corrected chi connectivity index (χ4v) is 1.92. The first-order valence-electron chi connectivity index (χ1n) is 6.65. The highest BCUT2D eigenvalue weighted by Gasteiger charge is 2.22. The van der Waals surface area contributed by atoms with Crippen molar-refractivity contribution in [3.05, 3.63) is 35.6 Å². The summed E-state index contributed by atoms with van der Waals surface area (Å²) in [6.45, 7) is 6.17. The molecule has 1 aromatic rings. The Morgan fingerprint density at radius 1 is 1.50 bits per heavy atom. The van der Waals surface area contributed by atoms with Gasteiger partial charge in [0.25, 0.3) is 0 Å². The molecule has 2 N–H and O–H groups in total. The molecule has 0 bridgehead atoms. The van der Waals surface area contributed by atoms with E-state index in [9.17, 15) is 14.3 Å². The van der Waals surface area contributed by atoms with Gasteiger partial charge in [0.1, 0.15) is 5.82 Å². The van der Waals surface area contributed by atoms with E-state index in [4.69, 9.17) is 0 Å². The largest absolute Gasteiger partial charge is 0.392 e. The number of rotatable bonds is 5. The van der Waals surface area contributed by atoms with E-state index in [-0.39, 0.29) is 23.8 Å². The Morgan fingerprint density at radius 3 is 2.70 bits per heavy atom. The fourth-order valence-electron chi connectivity index (χ4n) is 1.92. The van der Waals surface area contributed by atoms with Crippen molar-refractivity contribution < 1.29 is 14.3 Å². The summed E-state index contributed by atoms with van der Waals surface area (Å²) in [4.78, 5) is 13.3. The minimum Gasteiger partial charge on any atom is -0.392 e. The molecule has 0 heterocycles. The van der Waals surface area contributed by atoms with Gasteiger partial charge >= 0.3 is 6.03 Å². The van der Waals surface area contributed by atoms with Crippen molar-refractivity contribution in [3.8, 4) is 0 Å². The Morgan fingerprint density at radius 2 is 2.15 bits per heavy atom. The summed E-state index contributed by atoms with van der Waals surface area (Å²) in [5, 5.41) is 12.0. The highest BCUT2D eigenvalue weighted by atomic mass is 19.1. The van der Waals surface area contributed by atoms with Gasteiger partial charge in [0, 0.05) is 25.6 Å². The molecule has 112 valence electrons.